The predicted octanol–water partition coefficient (Wildman–Crippen LogP) is 2.85. The third kappa shape index (κ3) is 4.12. The number of halogens is 2. The number of fused-ring (bicyclic) bond motifs is 1. The number of hydrogen-bond acceptors (Lipinski definition) is 5. The number of piperidine rings is 1. The molecule has 3 heterocycles. The Morgan fingerprint density at radius 1 is 1.15 bits per heavy atom. The molecule has 26 heavy (non-hydrogen) atoms. The third-order valence-electron chi connectivity index (χ3n) is 4.32. The largest absolute Gasteiger partial charge is 0.320 e. The summed E-state index contributed by atoms with van der Waals surface area (Å²) < 4.78 is 1.81. The van der Waals surface area contributed by atoms with Gasteiger partial charge in [-0.3, -0.25) is 9.78 Å². The molecule has 0 unspecified atom stereocenters. The fourth-order valence-corrected chi connectivity index (χ4v) is 3.03. The van der Waals surface area contributed by atoms with Gasteiger partial charge in [-0.05, 0) is 50.2 Å². The summed E-state index contributed by atoms with van der Waals surface area (Å²) in [6.45, 7) is 1.93. The maximum atomic E-state index is 12.5. The zero-order valence-corrected chi connectivity index (χ0v) is 15.6. The van der Waals surface area contributed by atoms with Crippen molar-refractivity contribution >= 4 is 47.3 Å². The summed E-state index contributed by atoms with van der Waals surface area (Å²) in [5.74, 6) is -0.258. The highest BCUT2D eigenvalue weighted by Crippen LogP contribution is 2.22. The quantitative estimate of drug-likeness (QED) is 0.713. The van der Waals surface area contributed by atoms with Crippen molar-refractivity contribution in [3.8, 4) is 0 Å². The first-order valence-electron chi connectivity index (χ1n) is 8.09. The number of amides is 1. The summed E-state index contributed by atoms with van der Waals surface area (Å²) in [6.07, 6.45) is 5.46. The Morgan fingerprint density at radius 3 is 2.77 bits per heavy atom. The summed E-state index contributed by atoms with van der Waals surface area (Å²) in [7, 11) is 0. The number of carbonyl (C=O) groups is 1. The maximum Gasteiger partial charge on any atom is 0.277 e. The van der Waals surface area contributed by atoms with Crippen molar-refractivity contribution < 1.29 is 4.79 Å². The molecule has 0 atom stereocenters. The minimum absolute atomic E-state index is 0. The minimum Gasteiger partial charge on any atom is -0.320 e. The number of anilines is 1. The third-order valence-corrected chi connectivity index (χ3v) is 4.32. The van der Waals surface area contributed by atoms with Crippen LogP contribution in [0.25, 0.3) is 10.9 Å². The molecule has 138 valence electrons. The first kappa shape index (κ1) is 20.1. The number of carbonyl (C=O) groups excluding carboxylic acids is 1. The van der Waals surface area contributed by atoms with Gasteiger partial charge in [0.25, 0.3) is 5.91 Å². The van der Waals surface area contributed by atoms with Crippen molar-refractivity contribution in [3.05, 3.63) is 48.4 Å². The lowest BCUT2D eigenvalue weighted by atomic mass is 10.1. The Labute approximate surface area is 163 Å². The fraction of sp³-hybridized carbons (Fsp3) is 0.294. The lowest BCUT2D eigenvalue weighted by Gasteiger charge is -2.22. The van der Waals surface area contributed by atoms with E-state index in [0.717, 1.165) is 42.5 Å². The van der Waals surface area contributed by atoms with Crippen LogP contribution in [-0.2, 0) is 0 Å². The van der Waals surface area contributed by atoms with Gasteiger partial charge in [-0.15, -0.1) is 29.9 Å². The van der Waals surface area contributed by atoms with Gasteiger partial charge < -0.3 is 10.6 Å². The van der Waals surface area contributed by atoms with E-state index < -0.39 is 0 Å². The summed E-state index contributed by atoms with van der Waals surface area (Å²) in [6, 6.07) is 9.74. The molecule has 3 aromatic rings. The highest BCUT2D eigenvalue weighted by molar-refractivity contribution is 6.07. The van der Waals surface area contributed by atoms with Crippen LogP contribution in [-0.4, -0.2) is 39.0 Å². The maximum absolute atomic E-state index is 12.5. The van der Waals surface area contributed by atoms with Crippen molar-refractivity contribution in [2.45, 2.75) is 18.9 Å². The van der Waals surface area contributed by atoms with Crippen LogP contribution in [0, 0.1) is 0 Å². The number of aromatic nitrogens is 4. The molecular weight excluding hydrogens is 375 g/mol. The van der Waals surface area contributed by atoms with E-state index in [1.807, 2.05) is 30.3 Å². The summed E-state index contributed by atoms with van der Waals surface area (Å²) in [4.78, 5) is 16.8. The van der Waals surface area contributed by atoms with E-state index in [1.54, 1.807) is 17.1 Å². The second-order valence-electron chi connectivity index (χ2n) is 5.89. The lowest BCUT2D eigenvalue weighted by molar-refractivity contribution is 0.102. The summed E-state index contributed by atoms with van der Waals surface area (Å²) >= 11 is 0. The molecule has 1 fully saturated rings. The van der Waals surface area contributed by atoms with Gasteiger partial charge >= 0.3 is 0 Å². The highest BCUT2D eigenvalue weighted by atomic mass is 35.5. The van der Waals surface area contributed by atoms with E-state index in [9.17, 15) is 4.79 Å². The topological polar surface area (TPSA) is 84.7 Å². The molecule has 2 aromatic heterocycles. The van der Waals surface area contributed by atoms with Crippen molar-refractivity contribution in [1.82, 2.24) is 25.3 Å². The predicted molar refractivity (Wildman–Crippen MR) is 105 cm³/mol. The van der Waals surface area contributed by atoms with E-state index in [4.69, 9.17) is 0 Å². The molecule has 1 aromatic carbocycles. The number of nitrogens with one attached hydrogen (secondary N) is 2. The van der Waals surface area contributed by atoms with Gasteiger partial charge in [-0.2, -0.15) is 0 Å². The molecule has 9 heteroatoms. The smallest absolute Gasteiger partial charge is 0.277 e. The Bertz CT molecular complexity index is 873. The van der Waals surface area contributed by atoms with Crippen molar-refractivity contribution in [1.29, 1.82) is 0 Å². The van der Waals surface area contributed by atoms with E-state index in [1.165, 1.54) is 0 Å². The summed E-state index contributed by atoms with van der Waals surface area (Å²) in [5.41, 5.74) is 1.89. The Morgan fingerprint density at radius 2 is 1.96 bits per heavy atom. The number of nitrogens with zero attached hydrogens (tertiary/aromatic N) is 4. The molecule has 0 radical (unpaired) electrons. The van der Waals surface area contributed by atoms with Crippen LogP contribution >= 0.6 is 24.8 Å². The molecule has 2 N–H and O–H groups in total. The molecule has 1 aliphatic heterocycles. The summed E-state index contributed by atoms with van der Waals surface area (Å²) in [5, 5.41) is 15.3. The highest BCUT2D eigenvalue weighted by Gasteiger charge is 2.19. The van der Waals surface area contributed by atoms with Crippen LogP contribution < -0.4 is 10.6 Å². The van der Waals surface area contributed by atoms with Gasteiger partial charge in [0.15, 0.2) is 5.69 Å². The normalized spacial score (nSPS) is 14.3. The number of hydrogen-bond donors (Lipinski definition) is 2. The van der Waals surface area contributed by atoms with E-state index >= 15 is 0 Å². The first-order chi connectivity index (χ1) is 11.8. The molecule has 1 saturated heterocycles. The molecule has 0 bridgehead atoms. The van der Waals surface area contributed by atoms with Gasteiger partial charge in [0, 0.05) is 11.6 Å². The number of pyridine rings is 1. The lowest BCUT2D eigenvalue weighted by Crippen LogP contribution is -2.29. The first-order valence-corrected chi connectivity index (χ1v) is 8.09. The zero-order valence-electron chi connectivity index (χ0n) is 14.0. The van der Waals surface area contributed by atoms with Gasteiger partial charge in [-0.25, -0.2) is 4.68 Å². The Balaban J connectivity index is 0.00000121. The fourth-order valence-electron chi connectivity index (χ4n) is 3.03. The monoisotopic (exact) mass is 394 g/mol. The molecule has 0 aliphatic carbocycles. The van der Waals surface area contributed by atoms with E-state index in [0.29, 0.717) is 11.7 Å². The van der Waals surface area contributed by atoms with E-state index in [-0.39, 0.29) is 30.7 Å². The van der Waals surface area contributed by atoms with Gasteiger partial charge in [0.05, 0.1) is 23.4 Å². The second-order valence-corrected chi connectivity index (χ2v) is 5.89. The molecule has 0 saturated carbocycles. The number of benzene rings is 1. The minimum atomic E-state index is -0.258. The molecule has 1 amide bonds. The van der Waals surface area contributed by atoms with Gasteiger partial charge in [0.2, 0.25) is 0 Å². The van der Waals surface area contributed by atoms with Crippen LogP contribution in [0.3, 0.4) is 0 Å². The average Bonchev–Trinajstić information content (AvgIpc) is 3.13. The van der Waals surface area contributed by atoms with Crippen LogP contribution in [0.1, 0.15) is 29.4 Å². The van der Waals surface area contributed by atoms with Crippen molar-refractivity contribution in [3.63, 3.8) is 0 Å². The molecule has 0 spiro atoms. The van der Waals surface area contributed by atoms with Gasteiger partial charge in [-0.1, -0.05) is 11.3 Å². The Kier molecular flexibility index (Phi) is 6.90. The van der Waals surface area contributed by atoms with Crippen LogP contribution in [0.4, 0.5) is 5.69 Å². The van der Waals surface area contributed by atoms with Crippen LogP contribution in [0.2, 0.25) is 0 Å². The molecular formula is C17H20Cl2N6O. The van der Waals surface area contributed by atoms with Crippen LogP contribution in [0.15, 0.2) is 42.7 Å². The average molecular weight is 395 g/mol. The van der Waals surface area contributed by atoms with Crippen molar-refractivity contribution in [2.75, 3.05) is 18.4 Å². The van der Waals surface area contributed by atoms with Crippen molar-refractivity contribution in [2.24, 2.45) is 0 Å². The standard InChI is InChI=1S/C17H18N6O.2ClH/c24-17(16-11-23(22-21-16)12-6-9-18-10-7-12)20-15-5-1-4-14-13(15)3-2-8-19-14;;/h1-5,8,11-12,18H,6-7,9-10H2,(H,20,24);2*1H. The van der Waals surface area contributed by atoms with E-state index in [2.05, 4.69) is 25.9 Å². The second kappa shape index (κ2) is 8.93. The van der Waals surface area contributed by atoms with Gasteiger partial charge in [0.1, 0.15) is 0 Å². The Hall–Kier alpha value is -2.22. The molecule has 7 nitrogen and oxygen atoms in total. The van der Waals surface area contributed by atoms with Crippen LogP contribution in [0.5, 0.6) is 0 Å². The zero-order chi connectivity index (χ0) is 16.4. The number of rotatable bonds is 3. The molecule has 1 aliphatic rings. The SMILES string of the molecule is Cl.Cl.O=C(Nc1cccc2ncccc12)c1cn(C2CCNCC2)nn1. The molecule has 4 rings (SSSR count).